The fourth-order valence-corrected chi connectivity index (χ4v) is 2.76. The number of aryl methyl sites for hydroxylation is 1. The molecule has 106 valence electrons. The van der Waals surface area contributed by atoms with Crippen LogP contribution in [0.25, 0.3) is 0 Å². The summed E-state index contributed by atoms with van der Waals surface area (Å²) >= 11 is 6.15. The maximum absolute atomic E-state index is 9.27. The normalized spacial score (nSPS) is 26.3. The van der Waals surface area contributed by atoms with E-state index in [4.69, 9.17) is 21.1 Å². The van der Waals surface area contributed by atoms with Gasteiger partial charge in [0, 0.05) is 11.4 Å². The maximum atomic E-state index is 9.27. The quantitative estimate of drug-likeness (QED) is 0.923. The molecular formula is C15H21ClO3. The molecule has 1 aliphatic rings. The van der Waals surface area contributed by atoms with E-state index in [2.05, 4.69) is 0 Å². The van der Waals surface area contributed by atoms with Crippen LogP contribution in [0.5, 0.6) is 0 Å². The van der Waals surface area contributed by atoms with Crippen molar-refractivity contribution >= 4 is 11.6 Å². The Morgan fingerprint density at radius 1 is 1.26 bits per heavy atom. The van der Waals surface area contributed by atoms with E-state index in [1.54, 1.807) is 0 Å². The van der Waals surface area contributed by atoms with Crippen molar-refractivity contribution in [2.45, 2.75) is 51.1 Å². The summed E-state index contributed by atoms with van der Waals surface area (Å²) in [5, 5.41) is 10.1. The lowest BCUT2D eigenvalue weighted by Gasteiger charge is -2.40. The van der Waals surface area contributed by atoms with Crippen molar-refractivity contribution in [3.8, 4) is 0 Å². The van der Waals surface area contributed by atoms with E-state index >= 15 is 0 Å². The Morgan fingerprint density at radius 2 is 1.95 bits per heavy atom. The van der Waals surface area contributed by atoms with Crippen molar-refractivity contribution in [1.29, 1.82) is 0 Å². The number of halogens is 1. The summed E-state index contributed by atoms with van der Waals surface area (Å²) in [6, 6.07) is 7.87. The molecule has 4 heteroatoms. The molecule has 1 fully saturated rings. The predicted molar refractivity (Wildman–Crippen MR) is 75.3 cm³/mol. The van der Waals surface area contributed by atoms with Gasteiger partial charge >= 0.3 is 0 Å². The third-order valence-electron chi connectivity index (χ3n) is 3.32. The first kappa shape index (κ1) is 14.8. The molecule has 1 aliphatic heterocycles. The molecule has 0 aliphatic carbocycles. The molecule has 1 aromatic rings. The fraction of sp³-hybridized carbons (Fsp3) is 0.600. The minimum absolute atomic E-state index is 0.0371. The lowest BCUT2D eigenvalue weighted by Crippen LogP contribution is -2.46. The summed E-state index contributed by atoms with van der Waals surface area (Å²) in [4.78, 5) is 0. The summed E-state index contributed by atoms with van der Waals surface area (Å²) in [6.07, 6.45) is 2.44. The first-order chi connectivity index (χ1) is 9.00. The van der Waals surface area contributed by atoms with E-state index in [1.807, 2.05) is 38.1 Å². The van der Waals surface area contributed by atoms with Crippen LogP contribution in [0.4, 0.5) is 0 Å². The van der Waals surface area contributed by atoms with Crippen molar-refractivity contribution in [3.63, 3.8) is 0 Å². The van der Waals surface area contributed by atoms with Crippen LogP contribution < -0.4 is 0 Å². The van der Waals surface area contributed by atoms with Gasteiger partial charge in [0.2, 0.25) is 0 Å². The summed E-state index contributed by atoms with van der Waals surface area (Å²) in [7, 11) is 0. The van der Waals surface area contributed by atoms with Crippen molar-refractivity contribution in [3.05, 3.63) is 34.9 Å². The maximum Gasteiger partial charge on any atom is 0.163 e. The number of hydrogen-bond acceptors (Lipinski definition) is 3. The van der Waals surface area contributed by atoms with E-state index in [1.165, 1.54) is 0 Å². The molecule has 1 heterocycles. The highest BCUT2D eigenvalue weighted by atomic mass is 35.5. The molecule has 0 radical (unpaired) electrons. The number of hydrogen-bond donors (Lipinski definition) is 1. The zero-order valence-electron chi connectivity index (χ0n) is 11.4. The molecule has 0 aromatic heterocycles. The molecule has 3 nitrogen and oxygen atoms in total. The first-order valence-electron chi connectivity index (χ1n) is 6.70. The number of rotatable bonds is 4. The molecule has 1 aromatic carbocycles. The molecule has 0 spiro atoms. The van der Waals surface area contributed by atoms with Crippen LogP contribution in [-0.2, 0) is 15.9 Å². The van der Waals surface area contributed by atoms with Gasteiger partial charge in [-0.1, -0.05) is 29.8 Å². The molecule has 0 saturated carbocycles. The Hall–Kier alpha value is -0.610. The van der Waals surface area contributed by atoms with Crippen LogP contribution in [0.3, 0.4) is 0 Å². The van der Waals surface area contributed by atoms with Gasteiger partial charge < -0.3 is 14.6 Å². The highest BCUT2D eigenvalue weighted by molar-refractivity contribution is 6.31. The standard InChI is InChI=1S/C15H21ClO3/c1-15(2)18-12(9-13(10-17)19-15)8-7-11-5-3-4-6-14(11)16/h3-6,12-13,17H,7-10H2,1-2H3/t12?,13-/m1/s1. The monoisotopic (exact) mass is 284 g/mol. The van der Waals surface area contributed by atoms with Crippen LogP contribution in [0.2, 0.25) is 5.02 Å². The van der Waals surface area contributed by atoms with Crippen molar-refractivity contribution in [2.24, 2.45) is 0 Å². The topological polar surface area (TPSA) is 38.7 Å². The molecule has 1 N–H and O–H groups in total. The third kappa shape index (κ3) is 4.18. The molecule has 2 rings (SSSR count). The highest BCUT2D eigenvalue weighted by Crippen LogP contribution is 2.29. The first-order valence-corrected chi connectivity index (χ1v) is 7.08. The number of ether oxygens (including phenoxy) is 2. The van der Waals surface area contributed by atoms with E-state index in [0.717, 1.165) is 29.8 Å². The fourth-order valence-electron chi connectivity index (χ4n) is 2.53. The van der Waals surface area contributed by atoms with Crippen LogP contribution >= 0.6 is 11.6 Å². The van der Waals surface area contributed by atoms with E-state index < -0.39 is 5.79 Å². The summed E-state index contributed by atoms with van der Waals surface area (Å²) < 4.78 is 11.5. The zero-order chi connectivity index (χ0) is 13.9. The van der Waals surface area contributed by atoms with Crippen molar-refractivity contribution in [2.75, 3.05) is 6.61 Å². The van der Waals surface area contributed by atoms with Crippen LogP contribution in [0, 0.1) is 0 Å². The molecule has 0 amide bonds. The van der Waals surface area contributed by atoms with Crippen LogP contribution in [-0.4, -0.2) is 29.7 Å². The average Bonchev–Trinajstić information content (AvgIpc) is 2.36. The second kappa shape index (κ2) is 6.23. The van der Waals surface area contributed by atoms with Crippen molar-refractivity contribution < 1.29 is 14.6 Å². The third-order valence-corrected chi connectivity index (χ3v) is 3.69. The summed E-state index contributed by atoms with van der Waals surface area (Å²) in [5.74, 6) is -0.628. The lowest BCUT2D eigenvalue weighted by molar-refractivity contribution is -0.304. The minimum atomic E-state index is -0.628. The molecule has 0 bridgehead atoms. The van der Waals surface area contributed by atoms with Gasteiger partial charge in [-0.05, 0) is 38.3 Å². The lowest BCUT2D eigenvalue weighted by atomic mass is 10.0. The molecular weight excluding hydrogens is 264 g/mol. The van der Waals surface area contributed by atoms with Crippen molar-refractivity contribution in [1.82, 2.24) is 0 Å². The SMILES string of the molecule is CC1(C)OC(CCc2ccccc2Cl)C[C@H](CO)O1. The van der Waals surface area contributed by atoms with Crippen LogP contribution in [0.1, 0.15) is 32.3 Å². The number of aliphatic hydroxyl groups is 1. The van der Waals surface area contributed by atoms with Gasteiger partial charge in [0.15, 0.2) is 5.79 Å². The second-order valence-corrected chi connectivity index (χ2v) is 5.84. The second-order valence-electron chi connectivity index (χ2n) is 5.43. The van der Waals surface area contributed by atoms with Crippen LogP contribution in [0.15, 0.2) is 24.3 Å². The smallest absolute Gasteiger partial charge is 0.163 e. The van der Waals surface area contributed by atoms with Gasteiger partial charge in [-0.3, -0.25) is 0 Å². The van der Waals surface area contributed by atoms with Gasteiger partial charge in [-0.25, -0.2) is 0 Å². The Bertz CT molecular complexity index is 420. The summed E-state index contributed by atoms with van der Waals surface area (Å²) in [5.41, 5.74) is 1.14. The van der Waals surface area contributed by atoms with Gasteiger partial charge in [-0.15, -0.1) is 0 Å². The Kier molecular flexibility index (Phi) is 4.85. The summed E-state index contributed by atoms with van der Waals surface area (Å²) in [6.45, 7) is 3.81. The van der Waals surface area contributed by atoms with E-state index in [-0.39, 0.29) is 18.8 Å². The Morgan fingerprint density at radius 3 is 2.63 bits per heavy atom. The average molecular weight is 285 g/mol. The highest BCUT2D eigenvalue weighted by Gasteiger charge is 2.34. The number of aliphatic hydroxyl groups excluding tert-OH is 1. The van der Waals surface area contributed by atoms with E-state index in [9.17, 15) is 5.11 Å². The molecule has 2 atom stereocenters. The van der Waals surface area contributed by atoms with E-state index in [0.29, 0.717) is 0 Å². The largest absolute Gasteiger partial charge is 0.394 e. The van der Waals surface area contributed by atoms with Gasteiger partial charge in [0.1, 0.15) is 0 Å². The molecule has 19 heavy (non-hydrogen) atoms. The molecule has 1 unspecified atom stereocenters. The number of benzene rings is 1. The van der Waals surface area contributed by atoms with Gasteiger partial charge in [0.05, 0.1) is 18.8 Å². The van der Waals surface area contributed by atoms with Gasteiger partial charge in [-0.2, -0.15) is 0 Å². The zero-order valence-corrected chi connectivity index (χ0v) is 12.2. The Balaban J connectivity index is 1.94. The Labute approximate surface area is 119 Å². The molecule has 1 saturated heterocycles. The van der Waals surface area contributed by atoms with Gasteiger partial charge in [0.25, 0.3) is 0 Å². The predicted octanol–water partition coefficient (Wildman–Crippen LogP) is 3.18. The minimum Gasteiger partial charge on any atom is -0.394 e.